The fourth-order valence-electron chi connectivity index (χ4n) is 7.86. The van der Waals surface area contributed by atoms with E-state index in [0.717, 1.165) is 16.5 Å². The van der Waals surface area contributed by atoms with E-state index in [-0.39, 0.29) is 11.2 Å². The molecule has 0 N–H and O–H groups in total. The molecule has 0 bridgehead atoms. The zero-order chi connectivity index (χ0) is 30.4. The third kappa shape index (κ3) is 3.71. The molecule has 0 aromatic heterocycles. The van der Waals surface area contributed by atoms with Gasteiger partial charge < -0.3 is 0 Å². The fraction of sp³-hybridized carbons (Fsp3) is 0.0909. The third-order valence-electron chi connectivity index (χ3n) is 9.81. The molecule has 0 aliphatic heterocycles. The van der Waals surface area contributed by atoms with Gasteiger partial charge in [-0.1, -0.05) is 148 Å². The van der Waals surface area contributed by atoms with E-state index in [4.69, 9.17) is 0 Å². The summed E-state index contributed by atoms with van der Waals surface area (Å²) in [6, 6.07) is 47.3. The molecule has 0 unspecified atom stereocenters. The van der Waals surface area contributed by atoms with E-state index in [1.54, 1.807) is 6.07 Å². The molecular formula is C44H31F. The van der Waals surface area contributed by atoms with Crippen LogP contribution in [0, 0.1) is 5.82 Å². The van der Waals surface area contributed by atoms with Crippen molar-refractivity contribution in [3.05, 3.63) is 145 Å². The second-order valence-corrected chi connectivity index (χ2v) is 13.4. The summed E-state index contributed by atoms with van der Waals surface area (Å²) >= 11 is 0. The van der Waals surface area contributed by atoms with Crippen molar-refractivity contribution in [2.75, 3.05) is 0 Å². The standard InChI is InChI=1S/C44H31F/c1-44(2,3)38-24-19-27-16-20-35-36(21-17-26-18-22-37(38)41(27)40(26)35)43-32-14-8-6-12-30(32)42(31-13-7-9-15-33(31)43)34-23-25-39(45)29-11-5-4-10-28(29)34/h4-25H,1-3H3. The summed E-state index contributed by atoms with van der Waals surface area (Å²) in [7, 11) is 0. The molecule has 214 valence electrons. The van der Waals surface area contributed by atoms with Crippen LogP contribution in [0.15, 0.2) is 133 Å². The Bertz CT molecular complexity index is 2580. The lowest BCUT2D eigenvalue weighted by atomic mass is 9.80. The number of fused-ring (bicyclic) bond motifs is 3. The molecule has 0 nitrogen and oxygen atoms in total. The quantitative estimate of drug-likeness (QED) is 0.141. The predicted molar refractivity (Wildman–Crippen MR) is 192 cm³/mol. The van der Waals surface area contributed by atoms with Crippen LogP contribution in [0.2, 0.25) is 0 Å². The third-order valence-corrected chi connectivity index (χ3v) is 9.81. The lowest BCUT2D eigenvalue weighted by molar-refractivity contribution is 0.596. The summed E-state index contributed by atoms with van der Waals surface area (Å²) in [5.41, 5.74) is 6.09. The highest BCUT2D eigenvalue weighted by Gasteiger charge is 2.23. The minimum atomic E-state index is -0.192. The van der Waals surface area contributed by atoms with Gasteiger partial charge in [0.05, 0.1) is 0 Å². The number of hydrogen-bond donors (Lipinski definition) is 0. The first-order valence-corrected chi connectivity index (χ1v) is 15.7. The summed E-state index contributed by atoms with van der Waals surface area (Å²) in [5.74, 6) is -0.192. The average molecular weight is 579 g/mol. The van der Waals surface area contributed by atoms with E-state index < -0.39 is 0 Å². The van der Waals surface area contributed by atoms with E-state index in [2.05, 4.69) is 118 Å². The monoisotopic (exact) mass is 578 g/mol. The van der Waals surface area contributed by atoms with Gasteiger partial charge in [-0.3, -0.25) is 0 Å². The zero-order valence-electron chi connectivity index (χ0n) is 25.6. The Morgan fingerprint density at radius 2 is 0.800 bits per heavy atom. The van der Waals surface area contributed by atoms with Crippen LogP contribution in [-0.4, -0.2) is 0 Å². The molecule has 0 amide bonds. The maximum absolute atomic E-state index is 15.0. The fourth-order valence-corrected chi connectivity index (χ4v) is 7.86. The molecule has 9 aromatic carbocycles. The van der Waals surface area contributed by atoms with Gasteiger partial charge in [0.15, 0.2) is 0 Å². The van der Waals surface area contributed by atoms with Crippen molar-refractivity contribution in [1.82, 2.24) is 0 Å². The molecule has 9 rings (SSSR count). The van der Waals surface area contributed by atoms with Crippen molar-refractivity contribution in [3.63, 3.8) is 0 Å². The highest BCUT2D eigenvalue weighted by molar-refractivity contribution is 6.30. The van der Waals surface area contributed by atoms with Crippen LogP contribution in [0.4, 0.5) is 4.39 Å². The number of rotatable bonds is 2. The Kier molecular flexibility index (Phi) is 5.44. The van der Waals surface area contributed by atoms with Crippen LogP contribution in [0.25, 0.3) is 86.9 Å². The van der Waals surface area contributed by atoms with Gasteiger partial charge in [-0.05, 0) is 98.5 Å². The van der Waals surface area contributed by atoms with Gasteiger partial charge in [-0.2, -0.15) is 0 Å². The second-order valence-electron chi connectivity index (χ2n) is 13.4. The molecule has 0 spiro atoms. The van der Waals surface area contributed by atoms with Gasteiger partial charge in [-0.25, -0.2) is 4.39 Å². The summed E-state index contributed by atoms with van der Waals surface area (Å²) in [6.07, 6.45) is 0. The van der Waals surface area contributed by atoms with Crippen molar-refractivity contribution < 1.29 is 4.39 Å². The van der Waals surface area contributed by atoms with E-state index in [1.807, 2.05) is 30.3 Å². The first-order valence-electron chi connectivity index (χ1n) is 15.7. The average Bonchev–Trinajstić information content (AvgIpc) is 3.06. The molecule has 0 saturated carbocycles. The van der Waals surface area contributed by atoms with Gasteiger partial charge in [0.25, 0.3) is 0 Å². The highest BCUT2D eigenvalue weighted by atomic mass is 19.1. The molecule has 0 aliphatic rings. The minimum absolute atomic E-state index is 0.0396. The van der Waals surface area contributed by atoms with E-state index in [1.165, 1.54) is 70.6 Å². The van der Waals surface area contributed by atoms with E-state index in [9.17, 15) is 0 Å². The zero-order valence-corrected chi connectivity index (χ0v) is 25.6. The normalized spacial score (nSPS) is 12.4. The van der Waals surface area contributed by atoms with Gasteiger partial charge in [0.2, 0.25) is 0 Å². The largest absolute Gasteiger partial charge is 0.206 e. The Hall–Kier alpha value is -5.27. The van der Waals surface area contributed by atoms with Gasteiger partial charge >= 0.3 is 0 Å². The molecule has 0 atom stereocenters. The molecule has 9 aromatic rings. The molecule has 0 fully saturated rings. The van der Waals surface area contributed by atoms with Crippen LogP contribution in [-0.2, 0) is 5.41 Å². The topological polar surface area (TPSA) is 0 Å². The second kappa shape index (κ2) is 9.36. The Balaban J connectivity index is 1.44. The molecule has 0 radical (unpaired) electrons. The van der Waals surface area contributed by atoms with Crippen LogP contribution in [0.1, 0.15) is 26.3 Å². The van der Waals surface area contributed by atoms with Crippen LogP contribution in [0.3, 0.4) is 0 Å². The van der Waals surface area contributed by atoms with Gasteiger partial charge in [0.1, 0.15) is 5.82 Å². The van der Waals surface area contributed by atoms with Crippen molar-refractivity contribution in [2.24, 2.45) is 0 Å². The van der Waals surface area contributed by atoms with Crippen molar-refractivity contribution in [2.45, 2.75) is 26.2 Å². The maximum atomic E-state index is 15.0. The lowest BCUT2D eigenvalue weighted by Gasteiger charge is -2.24. The molecule has 45 heavy (non-hydrogen) atoms. The summed E-state index contributed by atoms with van der Waals surface area (Å²) in [5, 5.41) is 14.1. The molecule has 0 aliphatic carbocycles. The van der Waals surface area contributed by atoms with E-state index in [0.29, 0.717) is 5.39 Å². The number of hydrogen-bond acceptors (Lipinski definition) is 0. The first-order chi connectivity index (χ1) is 21.9. The molecule has 0 saturated heterocycles. The summed E-state index contributed by atoms with van der Waals surface area (Å²) in [6.45, 7) is 6.90. The highest BCUT2D eigenvalue weighted by Crippen LogP contribution is 2.48. The van der Waals surface area contributed by atoms with Crippen molar-refractivity contribution >= 4 is 64.6 Å². The molecule has 0 heterocycles. The van der Waals surface area contributed by atoms with Crippen LogP contribution >= 0.6 is 0 Å². The Morgan fingerprint density at radius 3 is 1.38 bits per heavy atom. The number of benzene rings is 9. The summed E-state index contributed by atoms with van der Waals surface area (Å²) < 4.78 is 15.0. The van der Waals surface area contributed by atoms with E-state index >= 15 is 4.39 Å². The van der Waals surface area contributed by atoms with Crippen molar-refractivity contribution in [1.29, 1.82) is 0 Å². The van der Waals surface area contributed by atoms with Crippen LogP contribution < -0.4 is 0 Å². The smallest absolute Gasteiger partial charge is 0.131 e. The van der Waals surface area contributed by atoms with Gasteiger partial charge in [-0.15, -0.1) is 0 Å². The SMILES string of the molecule is CC(C)(C)c1ccc2ccc3c(-c4c5ccccc5c(-c5ccc(F)c6ccccc56)c5ccccc45)ccc4ccc1c2c43. The van der Waals surface area contributed by atoms with Crippen molar-refractivity contribution in [3.8, 4) is 22.3 Å². The predicted octanol–water partition coefficient (Wildman–Crippen LogP) is 12.8. The Morgan fingerprint density at radius 1 is 0.378 bits per heavy atom. The lowest BCUT2D eigenvalue weighted by Crippen LogP contribution is -2.11. The minimum Gasteiger partial charge on any atom is -0.206 e. The van der Waals surface area contributed by atoms with Crippen LogP contribution in [0.5, 0.6) is 0 Å². The number of halogens is 1. The van der Waals surface area contributed by atoms with Gasteiger partial charge in [0, 0.05) is 5.39 Å². The maximum Gasteiger partial charge on any atom is 0.131 e. The first kappa shape index (κ1) is 26.2. The Labute approximate surface area is 261 Å². The molecule has 1 heteroatoms. The summed E-state index contributed by atoms with van der Waals surface area (Å²) in [4.78, 5) is 0. The molecular weight excluding hydrogens is 547 g/mol.